The van der Waals surface area contributed by atoms with Crippen LogP contribution in [0.2, 0.25) is 5.02 Å². The summed E-state index contributed by atoms with van der Waals surface area (Å²) in [6.07, 6.45) is -1.24. The Morgan fingerprint density at radius 3 is 2.69 bits per heavy atom. The Hall–Kier alpha value is -1.99. The largest absolute Gasteiger partial charge is 0.483 e. The molecule has 0 spiro atoms. The van der Waals surface area contributed by atoms with Crippen molar-refractivity contribution < 1.29 is 17.9 Å². The van der Waals surface area contributed by atoms with Crippen LogP contribution >= 0.6 is 11.6 Å². The lowest BCUT2D eigenvalue weighted by molar-refractivity contribution is -0.153. The Bertz CT molecular complexity index is 751. The molecule has 2 N–H and O–H groups in total. The van der Waals surface area contributed by atoms with Gasteiger partial charge < -0.3 is 15.4 Å². The standard InChI is InChI=1S/C18H19ClF3N3O/c19-16-4-1-12-5-7-23-8-6-15(12)17(16)25-9-13-2-3-14(10-24-13)26-11-18(20,21)22/h1-4,10,23,25H,5-9,11H2. The third-order valence-corrected chi connectivity index (χ3v) is 4.44. The molecular formula is C18H19ClF3N3O. The minimum Gasteiger partial charge on any atom is -0.483 e. The molecule has 0 atom stereocenters. The minimum atomic E-state index is -4.36. The van der Waals surface area contributed by atoms with Crippen LogP contribution in [0.15, 0.2) is 30.5 Å². The van der Waals surface area contributed by atoms with Crippen LogP contribution in [-0.4, -0.2) is 30.9 Å². The van der Waals surface area contributed by atoms with Crippen molar-refractivity contribution in [2.75, 3.05) is 25.0 Å². The Kier molecular flexibility index (Phi) is 5.88. The maximum absolute atomic E-state index is 12.2. The maximum atomic E-state index is 12.2. The smallest absolute Gasteiger partial charge is 0.422 e. The van der Waals surface area contributed by atoms with Crippen LogP contribution in [0.5, 0.6) is 5.75 Å². The number of alkyl halides is 3. The predicted octanol–water partition coefficient (Wildman–Crippen LogP) is 3.98. The lowest BCUT2D eigenvalue weighted by Crippen LogP contribution is -2.19. The third-order valence-electron chi connectivity index (χ3n) is 4.13. The number of rotatable bonds is 5. The molecule has 140 valence electrons. The molecule has 0 amide bonds. The van der Waals surface area contributed by atoms with Gasteiger partial charge in [-0.2, -0.15) is 13.2 Å². The molecule has 2 aromatic rings. The van der Waals surface area contributed by atoms with Gasteiger partial charge in [0.15, 0.2) is 6.61 Å². The molecule has 8 heteroatoms. The van der Waals surface area contributed by atoms with E-state index in [4.69, 9.17) is 11.6 Å². The molecule has 0 aliphatic carbocycles. The number of hydrogen-bond donors (Lipinski definition) is 2. The van der Waals surface area contributed by atoms with E-state index >= 15 is 0 Å². The maximum Gasteiger partial charge on any atom is 0.422 e. The summed E-state index contributed by atoms with van der Waals surface area (Å²) in [6, 6.07) is 7.05. The fraction of sp³-hybridized carbons (Fsp3) is 0.389. The van der Waals surface area contributed by atoms with E-state index in [9.17, 15) is 13.2 Å². The highest BCUT2D eigenvalue weighted by molar-refractivity contribution is 6.33. The average molecular weight is 386 g/mol. The SMILES string of the molecule is FC(F)(F)COc1ccc(CNc2c(Cl)ccc3c2CCNCC3)nc1. The quantitative estimate of drug-likeness (QED) is 0.817. The topological polar surface area (TPSA) is 46.2 Å². The highest BCUT2D eigenvalue weighted by Crippen LogP contribution is 2.31. The van der Waals surface area contributed by atoms with E-state index in [0.717, 1.165) is 31.6 Å². The molecule has 1 aliphatic rings. The van der Waals surface area contributed by atoms with Gasteiger partial charge in [-0.15, -0.1) is 0 Å². The molecule has 0 saturated carbocycles. The average Bonchev–Trinajstić information content (AvgIpc) is 2.85. The number of pyridine rings is 1. The molecule has 0 fully saturated rings. The molecule has 0 unspecified atom stereocenters. The number of hydrogen-bond acceptors (Lipinski definition) is 4. The zero-order valence-electron chi connectivity index (χ0n) is 14.0. The summed E-state index contributed by atoms with van der Waals surface area (Å²) in [4.78, 5) is 4.14. The highest BCUT2D eigenvalue weighted by atomic mass is 35.5. The monoisotopic (exact) mass is 385 g/mol. The number of aromatic nitrogens is 1. The lowest BCUT2D eigenvalue weighted by atomic mass is 10.0. The van der Waals surface area contributed by atoms with E-state index < -0.39 is 12.8 Å². The Labute approximate surface area is 154 Å². The summed E-state index contributed by atoms with van der Waals surface area (Å²) in [5.41, 5.74) is 4.05. The molecule has 2 heterocycles. The van der Waals surface area contributed by atoms with Gasteiger partial charge in [0.25, 0.3) is 0 Å². The van der Waals surface area contributed by atoms with Gasteiger partial charge in [-0.05, 0) is 55.3 Å². The van der Waals surface area contributed by atoms with Crippen molar-refractivity contribution in [2.45, 2.75) is 25.6 Å². The Balaban J connectivity index is 1.66. The number of anilines is 1. The number of fused-ring (bicyclic) bond motifs is 1. The molecule has 3 rings (SSSR count). The summed E-state index contributed by atoms with van der Waals surface area (Å²) < 4.78 is 41.1. The van der Waals surface area contributed by atoms with Crippen LogP contribution in [0.4, 0.5) is 18.9 Å². The molecule has 4 nitrogen and oxygen atoms in total. The summed E-state index contributed by atoms with van der Waals surface area (Å²) >= 11 is 6.36. The van der Waals surface area contributed by atoms with Crippen molar-refractivity contribution in [3.8, 4) is 5.75 Å². The second-order valence-corrected chi connectivity index (χ2v) is 6.46. The van der Waals surface area contributed by atoms with Crippen LogP contribution in [-0.2, 0) is 19.4 Å². The van der Waals surface area contributed by atoms with E-state index in [1.54, 1.807) is 6.07 Å². The van der Waals surface area contributed by atoms with E-state index in [1.165, 1.54) is 23.4 Å². The fourth-order valence-electron chi connectivity index (χ4n) is 2.88. The van der Waals surface area contributed by atoms with Gasteiger partial charge in [0.2, 0.25) is 0 Å². The van der Waals surface area contributed by atoms with Crippen LogP contribution in [0.1, 0.15) is 16.8 Å². The first kappa shape index (κ1) is 18.8. The van der Waals surface area contributed by atoms with Crippen molar-refractivity contribution in [1.29, 1.82) is 0 Å². The zero-order valence-corrected chi connectivity index (χ0v) is 14.8. The summed E-state index contributed by atoms with van der Waals surface area (Å²) in [5.74, 6) is 0.0868. The first-order chi connectivity index (χ1) is 12.4. The van der Waals surface area contributed by atoms with Gasteiger partial charge in [0.1, 0.15) is 5.75 Å². The van der Waals surface area contributed by atoms with Crippen LogP contribution < -0.4 is 15.4 Å². The summed E-state index contributed by atoms with van der Waals surface area (Å²) in [5, 5.41) is 7.33. The molecule has 1 aromatic carbocycles. The van der Waals surface area contributed by atoms with Crippen molar-refractivity contribution >= 4 is 17.3 Å². The summed E-state index contributed by atoms with van der Waals surface area (Å²) in [7, 11) is 0. The fourth-order valence-corrected chi connectivity index (χ4v) is 3.12. The van der Waals surface area contributed by atoms with Crippen molar-refractivity contribution in [2.24, 2.45) is 0 Å². The van der Waals surface area contributed by atoms with E-state index in [1.807, 2.05) is 6.07 Å². The normalized spacial score (nSPS) is 14.5. The molecule has 0 radical (unpaired) electrons. The number of halogens is 4. The van der Waals surface area contributed by atoms with Crippen LogP contribution in [0.25, 0.3) is 0 Å². The molecule has 1 aromatic heterocycles. The van der Waals surface area contributed by atoms with E-state index in [0.29, 0.717) is 17.3 Å². The van der Waals surface area contributed by atoms with Gasteiger partial charge in [-0.25, -0.2) is 0 Å². The first-order valence-electron chi connectivity index (χ1n) is 8.32. The molecule has 1 aliphatic heterocycles. The van der Waals surface area contributed by atoms with E-state index in [-0.39, 0.29) is 5.75 Å². The Morgan fingerprint density at radius 1 is 1.15 bits per heavy atom. The van der Waals surface area contributed by atoms with Gasteiger partial charge in [0, 0.05) is 0 Å². The highest BCUT2D eigenvalue weighted by Gasteiger charge is 2.28. The number of nitrogens with one attached hydrogen (secondary N) is 2. The minimum absolute atomic E-state index is 0.0868. The van der Waals surface area contributed by atoms with Crippen LogP contribution in [0.3, 0.4) is 0 Å². The molecule has 0 bridgehead atoms. The van der Waals surface area contributed by atoms with E-state index in [2.05, 4.69) is 26.4 Å². The first-order valence-corrected chi connectivity index (χ1v) is 8.69. The molecule has 0 saturated heterocycles. The van der Waals surface area contributed by atoms with Gasteiger partial charge in [0.05, 0.1) is 29.1 Å². The molecule has 26 heavy (non-hydrogen) atoms. The zero-order chi connectivity index (χ0) is 18.6. The van der Waals surface area contributed by atoms with Crippen molar-refractivity contribution in [3.63, 3.8) is 0 Å². The third kappa shape index (κ3) is 5.02. The number of nitrogens with zero attached hydrogens (tertiary/aromatic N) is 1. The second-order valence-electron chi connectivity index (χ2n) is 6.05. The summed E-state index contributed by atoms with van der Waals surface area (Å²) in [6.45, 7) is 0.926. The lowest BCUT2D eigenvalue weighted by Gasteiger charge is -2.16. The van der Waals surface area contributed by atoms with Gasteiger partial charge in [-0.1, -0.05) is 17.7 Å². The van der Waals surface area contributed by atoms with Crippen LogP contribution in [0, 0.1) is 0 Å². The van der Waals surface area contributed by atoms with Gasteiger partial charge >= 0.3 is 6.18 Å². The van der Waals surface area contributed by atoms with Crippen molar-refractivity contribution in [3.05, 3.63) is 52.3 Å². The van der Waals surface area contributed by atoms with Crippen molar-refractivity contribution in [1.82, 2.24) is 10.3 Å². The Morgan fingerprint density at radius 2 is 1.96 bits per heavy atom. The van der Waals surface area contributed by atoms with Gasteiger partial charge in [-0.3, -0.25) is 4.98 Å². The number of ether oxygens (including phenoxy) is 1. The number of benzene rings is 1. The molecular weight excluding hydrogens is 367 g/mol. The predicted molar refractivity (Wildman–Crippen MR) is 94.8 cm³/mol. The second kappa shape index (κ2) is 8.14.